The highest BCUT2D eigenvalue weighted by Crippen LogP contribution is 2.23. The molecule has 17 heavy (non-hydrogen) atoms. The molecule has 1 aromatic heterocycles. The lowest BCUT2D eigenvalue weighted by Gasteiger charge is -2.16. The summed E-state index contributed by atoms with van der Waals surface area (Å²) in [7, 11) is 0. The largest absolute Gasteiger partial charge is 0.396 e. The van der Waals surface area contributed by atoms with Gasteiger partial charge in [-0.25, -0.2) is 0 Å². The van der Waals surface area contributed by atoms with Crippen molar-refractivity contribution in [2.24, 2.45) is 0 Å². The van der Waals surface area contributed by atoms with E-state index in [-0.39, 0.29) is 6.04 Å². The maximum Gasteiger partial charge on any atom is 0.0736 e. The van der Waals surface area contributed by atoms with Crippen LogP contribution in [0.5, 0.6) is 0 Å². The van der Waals surface area contributed by atoms with E-state index in [0.29, 0.717) is 5.69 Å². The number of nitrogens with two attached hydrogens (primary N) is 1. The first kappa shape index (κ1) is 11.7. The fraction of sp³-hybridized carbons (Fsp3) is 0.154. The summed E-state index contributed by atoms with van der Waals surface area (Å²) >= 11 is 5.85. The summed E-state index contributed by atoms with van der Waals surface area (Å²) in [6, 6.07) is 9.78. The second kappa shape index (κ2) is 5.06. The van der Waals surface area contributed by atoms with Crippen LogP contribution in [0.2, 0.25) is 5.02 Å². The molecule has 0 saturated carbocycles. The van der Waals surface area contributed by atoms with Crippen LogP contribution in [-0.2, 0) is 0 Å². The van der Waals surface area contributed by atoms with Crippen LogP contribution in [0.1, 0.15) is 18.5 Å². The average molecular weight is 248 g/mol. The summed E-state index contributed by atoms with van der Waals surface area (Å²) in [4.78, 5) is 3.95. The summed E-state index contributed by atoms with van der Waals surface area (Å²) in [6.45, 7) is 2.07. The Balaban J connectivity index is 2.14. The van der Waals surface area contributed by atoms with Crippen molar-refractivity contribution in [3.8, 4) is 0 Å². The van der Waals surface area contributed by atoms with Gasteiger partial charge in [-0.15, -0.1) is 0 Å². The van der Waals surface area contributed by atoms with E-state index >= 15 is 0 Å². The van der Waals surface area contributed by atoms with Gasteiger partial charge < -0.3 is 11.1 Å². The highest BCUT2D eigenvalue weighted by molar-refractivity contribution is 6.30. The quantitative estimate of drug-likeness (QED) is 0.873. The molecule has 1 unspecified atom stereocenters. The molecule has 0 saturated heterocycles. The molecule has 0 aliphatic rings. The normalized spacial score (nSPS) is 12.1. The van der Waals surface area contributed by atoms with E-state index in [4.69, 9.17) is 17.3 Å². The number of nitrogens with zero attached hydrogens (tertiary/aromatic N) is 1. The third-order valence-electron chi connectivity index (χ3n) is 2.59. The number of pyridine rings is 1. The van der Waals surface area contributed by atoms with Gasteiger partial charge in [-0.1, -0.05) is 23.7 Å². The van der Waals surface area contributed by atoms with Gasteiger partial charge in [-0.2, -0.15) is 0 Å². The molecule has 0 aliphatic carbocycles. The van der Waals surface area contributed by atoms with E-state index in [0.717, 1.165) is 16.3 Å². The predicted molar refractivity (Wildman–Crippen MR) is 72.1 cm³/mol. The maximum atomic E-state index is 5.85. The van der Waals surface area contributed by atoms with Crippen molar-refractivity contribution in [3.05, 3.63) is 53.3 Å². The molecule has 88 valence electrons. The number of aromatic nitrogens is 1. The van der Waals surface area contributed by atoms with Crippen LogP contribution in [-0.4, -0.2) is 4.98 Å². The lowest BCUT2D eigenvalue weighted by molar-refractivity contribution is 0.885. The second-order valence-corrected chi connectivity index (χ2v) is 4.32. The zero-order valence-electron chi connectivity index (χ0n) is 9.52. The van der Waals surface area contributed by atoms with Crippen molar-refractivity contribution in [3.63, 3.8) is 0 Å². The number of halogens is 1. The summed E-state index contributed by atoms with van der Waals surface area (Å²) < 4.78 is 0. The first-order valence-electron chi connectivity index (χ1n) is 5.38. The molecule has 1 aromatic carbocycles. The van der Waals surface area contributed by atoms with Crippen LogP contribution in [0.4, 0.5) is 11.4 Å². The van der Waals surface area contributed by atoms with E-state index in [2.05, 4.69) is 17.2 Å². The van der Waals surface area contributed by atoms with Gasteiger partial charge in [0.15, 0.2) is 0 Å². The highest BCUT2D eigenvalue weighted by atomic mass is 35.5. The van der Waals surface area contributed by atoms with Crippen LogP contribution in [0.25, 0.3) is 0 Å². The minimum atomic E-state index is 0.164. The topological polar surface area (TPSA) is 50.9 Å². The number of hydrogen-bond donors (Lipinski definition) is 2. The molecular weight excluding hydrogens is 234 g/mol. The van der Waals surface area contributed by atoms with Crippen molar-refractivity contribution in [2.45, 2.75) is 13.0 Å². The van der Waals surface area contributed by atoms with Gasteiger partial charge in [0, 0.05) is 17.3 Å². The van der Waals surface area contributed by atoms with E-state index in [1.807, 2.05) is 30.3 Å². The lowest BCUT2D eigenvalue weighted by atomic mass is 10.1. The first-order valence-corrected chi connectivity index (χ1v) is 5.76. The van der Waals surface area contributed by atoms with E-state index in [9.17, 15) is 0 Å². The number of anilines is 2. The minimum absolute atomic E-state index is 0.164. The van der Waals surface area contributed by atoms with Gasteiger partial charge in [0.05, 0.1) is 17.6 Å². The van der Waals surface area contributed by atoms with Crippen molar-refractivity contribution in [2.75, 3.05) is 11.1 Å². The molecule has 1 heterocycles. The Hall–Kier alpha value is -1.74. The molecule has 0 fully saturated rings. The van der Waals surface area contributed by atoms with Crippen molar-refractivity contribution in [1.82, 2.24) is 4.98 Å². The van der Waals surface area contributed by atoms with E-state index in [1.54, 1.807) is 12.4 Å². The Morgan fingerprint density at radius 3 is 2.59 bits per heavy atom. The van der Waals surface area contributed by atoms with Crippen LogP contribution in [0, 0.1) is 0 Å². The molecule has 2 aromatic rings. The Bertz CT molecular complexity index is 496. The molecule has 0 radical (unpaired) electrons. The van der Waals surface area contributed by atoms with Crippen LogP contribution >= 0.6 is 11.6 Å². The Labute approximate surface area is 106 Å². The first-order chi connectivity index (χ1) is 8.16. The molecule has 3 nitrogen and oxygen atoms in total. The van der Waals surface area contributed by atoms with Crippen LogP contribution in [0.15, 0.2) is 42.7 Å². The van der Waals surface area contributed by atoms with Crippen molar-refractivity contribution >= 4 is 23.0 Å². The van der Waals surface area contributed by atoms with E-state index < -0.39 is 0 Å². The number of nitrogens with one attached hydrogen (secondary N) is 1. The predicted octanol–water partition coefficient (Wildman–Crippen LogP) is 3.49. The highest BCUT2D eigenvalue weighted by Gasteiger charge is 2.06. The number of nitrogen functional groups attached to an aromatic ring is 1. The summed E-state index contributed by atoms with van der Waals surface area (Å²) in [5.41, 5.74) is 8.52. The Morgan fingerprint density at radius 1 is 1.24 bits per heavy atom. The third-order valence-corrected chi connectivity index (χ3v) is 2.85. The molecule has 1 atom stereocenters. The molecule has 4 heteroatoms. The standard InChI is InChI=1S/C13H14ClN3/c1-9(10-2-4-11(14)5-3-10)17-13-6-7-16-8-12(13)15/h2-9H,15H2,1H3,(H,16,17). The molecule has 0 aliphatic heterocycles. The van der Waals surface area contributed by atoms with Crippen LogP contribution in [0.3, 0.4) is 0 Å². The van der Waals surface area contributed by atoms with Crippen LogP contribution < -0.4 is 11.1 Å². The smallest absolute Gasteiger partial charge is 0.0736 e. The van der Waals surface area contributed by atoms with Gasteiger partial charge in [-0.3, -0.25) is 4.98 Å². The summed E-state index contributed by atoms with van der Waals surface area (Å²) in [5, 5.41) is 4.08. The van der Waals surface area contributed by atoms with Gasteiger partial charge in [-0.05, 0) is 30.7 Å². The molecule has 3 N–H and O–H groups in total. The molecule has 0 spiro atoms. The molecular formula is C13H14ClN3. The fourth-order valence-electron chi connectivity index (χ4n) is 1.61. The summed E-state index contributed by atoms with van der Waals surface area (Å²) in [5.74, 6) is 0. The average Bonchev–Trinajstić information content (AvgIpc) is 2.33. The zero-order valence-corrected chi connectivity index (χ0v) is 10.3. The van der Waals surface area contributed by atoms with Gasteiger partial charge in [0.25, 0.3) is 0 Å². The zero-order chi connectivity index (χ0) is 12.3. The minimum Gasteiger partial charge on any atom is -0.396 e. The second-order valence-electron chi connectivity index (χ2n) is 3.88. The molecule has 0 amide bonds. The molecule has 2 rings (SSSR count). The Morgan fingerprint density at radius 2 is 1.94 bits per heavy atom. The van der Waals surface area contributed by atoms with Gasteiger partial charge >= 0.3 is 0 Å². The number of hydrogen-bond acceptors (Lipinski definition) is 3. The third kappa shape index (κ3) is 2.88. The Kier molecular flexibility index (Phi) is 3.49. The van der Waals surface area contributed by atoms with E-state index in [1.165, 1.54) is 0 Å². The van der Waals surface area contributed by atoms with Gasteiger partial charge in [0.2, 0.25) is 0 Å². The number of rotatable bonds is 3. The molecule has 0 bridgehead atoms. The fourth-order valence-corrected chi connectivity index (χ4v) is 1.73. The van der Waals surface area contributed by atoms with Gasteiger partial charge in [0.1, 0.15) is 0 Å². The monoisotopic (exact) mass is 247 g/mol. The van der Waals surface area contributed by atoms with Crippen molar-refractivity contribution in [1.29, 1.82) is 0 Å². The maximum absolute atomic E-state index is 5.85. The lowest BCUT2D eigenvalue weighted by Crippen LogP contribution is -2.08. The van der Waals surface area contributed by atoms with Crippen molar-refractivity contribution < 1.29 is 0 Å². The number of benzene rings is 1. The summed E-state index contributed by atoms with van der Waals surface area (Å²) in [6.07, 6.45) is 3.35. The SMILES string of the molecule is CC(Nc1ccncc1N)c1ccc(Cl)cc1.